The van der Waals surface area contributed by atoms with Crippen LogP contribution in [0, 0.1) is 0 Å². The number of hydrogen-bond acceptors (Lipinski definition) is 6. The van der Waals surface area contributed by atoms with Crippen LogP contribution in [0.25, 0.3) is 5.69 Å². The van der Waals surface area contributed by atoms with Gasteiger partial charge in [0, 0.05) is 11.5 Å². The van der Waals surface area contributed by atoms with Crippen molar-refractivity contribution in [2.24, 2.45) is 0 Å². The molecular formula is C19H23N7OS. The Balaban J connectivity index is 1.77. The molecule has 3 aromatic rings. The van der Waals surface area contributed by atoms with Crippen molar-refractivity contribution in [2.75, 3.05) is 11.1 Å². The molecule has 9 heteroatoms. The topological polar surface area (TPSA) is 90.5 Å². The molecule has 0 aliphatic carbocycles. The minimum atomic E-state index is -0.157. The number of thioether (sulfide) groups is 1. The van der Waals surface area contributed by atoms with Crippen molar-refractivity contribution in [3.63, 3.8) is 0 Å². The van der Waals surface area contributed by atoms with Crippen LogP contribution < -0.4 is 5.32 Å². The predicted octanol–water partition coefficient (Wildman–Crippen LogP) is 3.07. The van der Waals surface area contributed by atoms with E-state index in [2.05, 4.69) is 48.2 Å². The molecule has 0 atom stereocenters. The summed E-state index contributed by atoms with van der Waals surface area (Å²) in [5.41, 5.74) is 1.64. The number of para-hydroxylation sites is 1. The summed E-state index contributed by atoms with van der Waals surface area (Å²) >= 11 is 1.27. The number of rotatable bonds is 7. The van der Waals surface area contributed by atoms with E-state index in [4.69, 9.17) is 5.10 Å². The van der Waals surface area contributed by atoms with E-state index in [-0.39, 0.29) is 17.1 Å². The molecule has 8 nitrogen and oxygen atoms in total. The van der Waals surface area contributed by atoms with Gasteiger partial charge in [-0.3, -0.25) is 4.79 Å². The highest BCUT2D eigenvalue weighted by molar-refractivity contribution is 7.99. The van der Waals surface area contributed by atoms with Crippen LogP contribution in [0.3, 0.4) is 0 Å². The first kappa shape index (κ1) is 19.8. The van der Waals surface area contributed by atoms with Crippen LogP contribution in [0.5, 0.6) is 0 Å². The largest absolute Gasteiger partial charge is 0.310 e. The van der Waals surface area contributed by atoms with Crippen molar-refractivity contribution in [3.8, 4) is 5.69 Å². The Bertz CT molecular complexity index is 956. The lowest BCUT2D eigenvalue weighted by Gasteiger charge is -2.14. The number of allylic oxidation sites excluding steroid dienone is 1. The summed E-state index contributed by atoms with van der Waals surface area (Å²) in [4.78, 5) is 12.5. The monoisotopic (exact) mass is 397 g/mol. The van der Waals surface area contributed by atoms with Crippen molar-refractivity contribution in [2.45, 2.75) is 37.9 Å². The Kier molecular flexibility index (Phi) is 5.93. The van der Waals surface area contributed by atoms with E-state index in [9.17, 15) is 4.79 Å². The first-order chi connectivity index (χ1) is 13.4. The van der Waals surface area contributed by atoms with Gasteiger partial charge in [0.2, 0.25) is 11.1 Å². The average Bonchev–Trinajstić information content (AvgIpc) is 3.28. The minimum absolute atomic E-state index is 0.138. The van der Waals surface area contributed by atoms with E-state index in [0.717, 1.165) is 11.4 Å². The molecular weight excluding hydrogens is 374 g/mol. The third-order valence-electron chi connectivity index (χ3n) is 3.88. The predicted molar refractivity (Wildman–Crippen MR) is 110 cm³/mol. The van der Waals surface area contributed by atoms with Gasteiger partial charge in [0.05, 0.1) is 23.7 Å². The number of carbonyl (C=O) groups is 1. The van der Waals surface area contributed by atoms with Crippen LogP contribution in [0.15, 0.2) is 54.2 Å². The van der Waals surface area contributed by atoms with Gasteiger partial charge >= 0.3 is 0 Å². The zero-order chi connectivity index (χ0) is 20.1. The summed E-state index contributed by atoms with van der Waals surface area (Å²) in [6.45, 7) is 10.4. The second-order valence-corrected chi connectivity index (χ2v) is 8.12. The molecule has 0 saturated heterocycles. The summed E-state index contributed by atoms with van der Waals surface area (Å²) in [5, 5.41) is 19.7. The number of benzene rings is 1. The van der Waals surface area contributed by atoms with Crippen molar-refractivity contribution in [1.29, 1.82) is 0 Å². The number of hydrogen-bond donors (Lipinski definition) is 1. The lowest BCUT2D eigenvalue weighted by molar-refractivity contribution is -0.113. The second-order valence-electron chi connectivity index (χ2n) is 7.18. The van der Waals surface area contributed by atoms with Crippen molar-refractivity contribution < 1.29 is 4.79 Å². The fourth-order valence-corrected chi connectivity index (χ4v) is 3.14. The van der Waals surface area contributed by atoms with Crippen molar-refractivity contribution >= 4 is 23.5 Å². The van der Waals surface area contributed by atoms with Gasteiger partial charge in [0.25, 0.3) is 0 Å². The van der Waals surface area contributed by atoms with Crippen LogP contribution in [-0.2, 0) is 16.8 Å². The van der Waals surface area contributed by atoms with Gasteiger partial charge in [-0.1, -0.05) is 56.8 Å². The Morgan fingerprint density at radius 1 is 1.29 bits per heavy atom. The lowest BCUT2D eigenvalue weighted by Crippen LogP contribution is -2.17. The molecule has 0 spiro atoms. The molecule has 0 fully saturated rings. The van der Waals surface area contributed by atoms with Crippen LogP contribution in [0.4, 0.5) is 5.82 Å². The number of tetrazole rings is 1. The van der Waals surface area contributed by atoms with Crippen LogP contribution in [0.1, 0.15) is 26.5 Å². The average molecular weight is 398 g/mol. The molecule has 0 unspecified atom stereocenters. The molecule has 1 N–H and O–H groups in total. The summed E-state index contributed by atoms with van der Waals surface area (Å²) in [7, 11) is 0. The number of aromatic nitrogens is 6. The lowest BCUT2D eigenvalue weighted by atomic mass is 9.92. The maximum Gasteiger partial charge on any atom is 0.236 e. The van der Waals surface area contributed by atoms with Gasteiger partial charge in [0.15, 0.2) is 0 Å². The van der Waals surface area contributed by atoms with Gasteiger partial charge < -0.3 is 5.32 Å². The minimum Gasteiger partial charge on any atom is -0.310 e. The quantitative estimate of drug-likeness (QED) is 0.487. The number of nitrogens with zero attached hydrogens (tertiary/aromatic N) is 6. The standard InChI is InChI=1S/C19H23N7OS/c1-5-11-25-18(21-23-24-25)28-13-17(27)20-16-12-15(19(2,3)4)22-26(16)14-9-7-6-8-10-14/h5-10,12H,1,11,13H2,2-4H3,(H,20,27). The third-order valence-corrected chi connectivity index (χ3v) is 4.84. The van der Waals surface area contributed by atoms with E-state index in [0.29, 0.717) is 17.5 Å². The Morgan fingerprint density at radius 2 is 2.04 bits per heavy atom. The van der Waals surface area contributed by atoms with E-state index in [1.54, 1.807) is 15.4 Å². The highest BCUT2D eigenvalue weighted by Crippen LogP contribution is 2.26. The highest BCUT2D eigenvalue weighted by Gasteiger charge is 2.21. The Morgan fingerprint density at radius 3 is 2.71 bits per heavy atom. The molecule has 0 saturated carbocycles. The molecule has 0 radical (unpaired) electrons. The van der Waals surface area contributed by atoms with E-state index < -0.39 is 0 Å². The third kappa shape index (κ3) is 4.66. The number of nitrogens with one attached hydrogen (secondary N) is 1. The van der Waals surface area contributed by atoms with Crippen molar-refractivity contribution in [3.05, 3.63) is 54.7 Å². The first-order valence-electron chi connectivity index (χ1n) is 8.84. The fourth-order valence-electron chi connectivity index (χ4n) is 2.45. The van der Waals surface area contributed by atoms with Gasteiger partial charge in [-0.15, -0.1) is 11.7 Å². The first-order valence-corrected chi connectivity index (χ1v) is 9.82. The van der Waals surface area contributed by atoms with E-state index in [1.807, 2.05) is 36.4 Å². The molecule has 0 aliphatic heterocycles. The van der Waals surface area contributed by atoms with Crippen LogP contribution in [0.2, 0.25) is 0 Å². The number of amides is 1. The molecule has 1 amide bonds. The SMILES string of the molecule is C=CCn1nnnc1SCC(=O)Nc1cc(C(C)(C)C)nn1-c1ccccc1. The number of anilines is 1. The maximum atomic E-state index is 12.5. The van der Waals surface area contributed by atoms with Gasteiger partial charge in [-0.2, -0.15) is 5.10 Å². The molecule has 2 aromatic heterocycles. The fraction of sp³-hybridized carbons (Fsp3) is 0.316. The van der Waals surface area contributed by atoms with E-state index >= 15 is 0 Å². The molecule has 28 heavy (non-hydrogen) atoms. The Hall–Kier alpha value is -2.94. The van der Waals surface area contributed by atoms with E-state index in [1.165, 1.54) is 11.8 Å². The van der Waals surface area contributed by atoms with Crippen LogP contribution >= 0.6 is 11.8 Å². The highest BCUT2D eigenvalue weighted by atomic mass is 32.2. The molecule has 0 bridgehead atoms. The summed E-state index contributed by atoms with van der Waals surface area (Å²) in [6, 6.07) is 11.6. The van der Waals surface area contributed by atoms with Gasteiger partial charge in [0.1, 0.15) is 5.82 Å². The summed E-state index contributed by atoms with van der Waals surface area (Å²) in [5.74, 6) is 0.658. The van der Waals surface area contributed by atoms with Crippen LogP contribution in [-0.4, -0.2) is 41.6 Å². The normalized spacial score (nSPS) is 11.4. The van der Waals surface area contributed by atoms with Gasteiger partial charge in [-0.05, 0) is 22.6 Å². The zero-order valence-corrected chi connectivity index (χ0v) is 17.0. The van der Waals surface area contributed by atoms with Crippen molar-refractivity contribution in [1.82, 2.24) is 30.0 Å². The maximum absolute atomic E-state index is 12.5. The number of carbonyl (C=O) groups excluding carboxylic acids is 1. The molecule has 2 heterocycles. The summed E-state index contributed by atoms with van der Waals surface area (Å²) in [6.07, 6.45) is 1.70. The molecule has 146 valence electrons. The molecule has 3 rings (SSSR count). The molecule has 1 aromatic carbocycles. The van der Waals surface area contributed by atoms with Gasteiger partial charge in [-0.25, -0.2) is 9.36 Å². The zero-order valence-electron chi connectivity index (χ0n) is 16.2. The molecule has 0 aliphatic rings. The smallest absolute Gasteiger partial charge is 0.236 e. The Labute approximate surface area is 168 Å². The summed E-state index contributed by atoms with van der Waals surface area (Å²) < 4.78 is 3.35. The second kappa shape index (κ2) is 8.39.